The molecule has 1 saturated carbocycles. The molecule has 1 unspecified atom stereocenters. The molecule has 5 rings (SSSR count). The van der Waals surface area contributed by atoms with Crippen molar-refractivity contribution in [3.05, 3.63) is 58.7 Å². The Hall–Kier alpha value is -3.96. The summed E-state index contributed by atoms with van der Waals surface area (Å²) in [5.74, 6) is -1.01. The summed E-state index contributed by atoms with van der Waals surface area (Å²) in [7, 11) is 6.29. The van der Waals surface area contributed by atoms with Gasteiger partial charge in [0, 0.05) is 48.7 Å². The molecule has 2 aliphatic rings. The Morgan fingerprint density at radius 1 is 1.07 bits per heavy atom. The van der Waals surface area contributed by atoms with Gasteiger partial charge < -0.3 is 19.3 Å². The number of carbonyl (C=O) groups is 3. The highest BCUT2D eigenvalue weighted by atomic mass is 32.2. The smallest absolute Gasteiger partial charge is 0.323 e. The van der Waals surface area contributed by atoms with Crippen LogP contribution in [0.4, 0.5) is 0 Å². The second-order valence-electron chi connectivity index (χ2n) is 11.1. The standard InChI is InChI=1S/C31H36N4O6S/c1-33(2)42(40)32-30(38)20-10-12-25-26(16-20)35-17-22(31(39)34(3)18-27(36)37)14-21-15-23(41-4)11-13-24(21)29(35)28(25)19-8-6-5-7-9-19/h10-16,19H,5-9,17-18H2,1-4H3,(H,32,38)(H,36,37). The van der Waals surface area contributed by atoms with Crippen molar-refractivity contribution in [3.8, 4) is 17.0 Å². The van der Waals surface area contributed by atoms with Gasteiger partial charge in [-0.2, -0.15) is 0 Å². The van der Waals surface area contributed by atoms with E-state index >= 15 is 0 Å². The van der Waals surface area contributed by atoms with Crippen molar-refractivity contribution in [2.24, 2.45) is 0 Å². The summed E-state index contributed by atoms with van der Waals surface area (Å²) >= 11 is -1.69. The zero-order valence-corrected chi connectivity index (χ0v) is 25.1. The highest BCUT2D eigenvalue weighted by molar-refractivity contribution is 7.81. The second kappa shape index (κ2) is 12.1. The molecule has 0 spiro atoms. The van der Waals surface area contributed by atoms with Crippen molar-refractivity contribution < 1.29 is 28.4 Å². The number of nitrogens with one attached hydrogen (secondary N) is 1. The molecule has 42 heavy (non-hydrogen) atoms. The van der Waals surface area contributed by atoms with Gasteiger partial charge in [-0.3, -0.25) is 19.1 Å². The van der Waals surface area contributed by atoms with Gasteiger partial charge in [-0.25, -0.2) is 8.51 Å². The van der Waals surface area contributed by atoms with E-state index in [-0.39, 0.29) is 6.54 Å². The molecule has 11 heteroatoms. The molecule has 222 valence electrons. The predicted octanol–water partition coefficient (Wildman–Crippen LogP) is 4.17. The molecule has 2 heterocycles. The number of amides is 2. The topological polar surface area (TPSA) is 121 Å². The number of hydrogen-bond donors (Lipinski definition) is 2. The average molecular weight is 593 g/mol. The first-order valence-electron chi connectivity index (χ1n) is 14.0. The molecule has 1 aliphatic carbocycles. The molecule has 1 fully saturated rings. The van der Waals surface area contributed by atoms with Gasteiger partial charge in [0.15, 0.2) is 11.2 Å². The first kappa shape index (κ1) is 29.5. The maximum absolute atomic E-state index is 13.6. The Labute approximate surface area is 247 Å². The number of ether oxygens (including phenoxy) is 1. The minimum absolute atomic E-state index is 0.188. The van der Waals surface area contributed by atoms with Gasteiger partial charge in [-0.1, -0.05) is 25.3 Å². The lowest BCUT2D eigenvalue weighted by Gasteiger charge is -2.24. The van der Waals surface area contributed by atoms with Gasteiger partial charge in [0.05, 0.1) is 19.3 Å². The van der Waals surface area contributed by atoms with Crippen LogP contribution >= 0.6 is 0 Å². The Bertz CT molecular complexity index is 1620. The molecule has 2 amide bonds. The number of carboxylic acid groups (broad SMARTS) is 1. The Balaban J connectivity index is 1.75. The van der Waals surface area contributed by atoms with Gasteiger partial charge in [0.25, 0.3) is 11.8 Å². The zero-order valence-electron chi connectivity index (χ0n) is 24.3. The number of fused-ring (bicyclic) bond motifs is 5. The van der Waals surface area contributed by atoms with Crippen LogP contribution in [0.1, 0.15) is 59.5 Å². The lowest BCUT2D eigenvalue weighted by Crippen LogP contribution is -2.34. The molecule has 2 aromatic carbocycles. The van der Waals surface area contributed by atoms with Crippen LogP contribution in [0.15, 0.2) is 42.0 Å². The first-order valence-corrected chi connectivity index (χ1v) is 15.1. The van der Waals surface area contributed by atoms with Crippen LogP contribution < -0.4 is 9.46 Å². The number of methoxy groups -OCH3 is 1. The van der Waals surface area contributed by atoms with E-state index in [4.69, 9.17) is 4.74 Å². The number of benzene rings is 2. The van der Waals surface area contributed by atoms with Crippen LogP contribution in [-0.2, 0) is 27.3 Å². The number of likely N-dealkylation sites (N-methyl/N-ethyl adjacent to an activating group) is 1. The predicted molar refractivity (Wildman–Crippen MR) is 162 cm³/mol. The number of aromatic nitrogens is 1. The van der Waals surface area contributed by atoms with E-state index in [1.165, 1.54) is 28.2 Å². The molecule has 3 aromatic rings. The molecule has 10 nitrogen and oxygen atoms in total. The van der Waals surface area contributed by atoms with E-state index in [1.807, 2.05) is 30.3 Å². The van der Waals surface area contributed by atoms with E-state index in [0.29, 0.717) is 22.8 Å². The minimum Gasteiger partial charge on any atom is -0.497 e. The minimum atomic E-state index is -1.69. The Morgan fingerprint density at radius 3 is 2.48 bits per heavy atom. The van der Waals surface area contributed by atoms with Gasteiger partial charge in [-0.05, 0) is 66.3 Å². The van der Waals surface area contributed by atoms with E-state index in [1.54, 1.807) is 33.3 Å². The third-order valence-electron chi connectivity index (χ3n) is 8.06. The fourth-order valence-electron chi connectivity index (χ4n) is 6.06. The van der Waals surface area contributed by atoms with Crippen LogP contribution in [0.2, 0.25) is 0 Å². The lowest BCUT2D eigenvalue weighted by molar-refractivity contribution is -0.142. The monoisotopic (exact) mass is 592 g/mol. The van der Waals surface area contributed by atoms with Crippen LogP contribution in [-0.4, -0.2) is 75.7 Å². The summed E-state index contributed by atoms with van der Waals surface area (Å²) in [6.45, 7) is -0.242. The largest absolute Gasteiger partial charge is 0.497 e. The molecule has 1 aliphatic heterocycles. The first-order chi connectivity index (χ1) is 20.1. The lowest BCUT2D eigenvalue weighted by atomic mass is 9.81. The average Bonchev–Trinajstić information content (AvgIpc) is 3.18. The summed E-state index contributed by atoms with van der Waals surface area (Å²) in [6, 6.07) is 11.3. The van der Waals surface area contributed by atoms with Crippen LogP contribution in [0.25, 0.3) is 28.2 Å². The zero-order chi connectivity index (χ0) is 30.1. The third-order valence-corrected chi connectivity index (χ3v) is 9.08. The molecule has 2 N–H and O–H groups in total. The van der Waals surface area contributed by atoms with E-state index in [0.717, 1.165) is 53.4 Å². The molecule has 0 radical (unpaired) electrons. The van der Waals surface area contributed by atoms with Crippen molar-refractivity contribution in [1.82, 2.24) is 18.5 Å². The normalized spacial score (nSPS) is 15.8. The van der Waals surface area contributed by atoms with E-state index in [2.05, 4.69) is 9.29 Å². The molecular formula is C31H36N4O6S. The Kier molecular flexibility index (Phi) is 8.51. The highest BCUT2D eigenvalue weighted by Gasteiger charge is 2.31. The van der Waals surface area contributed by atoms with Gasteiger partial charge in [0.2, 0.25) is 0 Å². The summed E-state index contributed by atoms with van der Waals surface area (Å²) < 4.78 is 23.8. The van der Waals surface area contributed by atoms with Crippen LogP contribution in [0.5, 0.6) is 5.75 Å². The summed E-state index contributed by atoms with van der Waals surface area (Å²) in [5, 5.41) is 10.4. The van der Waals surface area contributed by atoms with Gasteiger partial charge >= 0.3 is 5.97 Å². The molecule has 1 aromatic heterocycles. The number of carbonyl (C=O) groups excluding carboxylic acids is 2. The second-order valence-corrected chi connectivity index (χ2v) is 12.5. The van der Waals surface area contributed by atoms with Crippen molar-refractivity contribution in [2.75, 3.05) is 34.8 Å². The third kappa shape index (κ3) is 5.71. The summed E-state index contributed by atoms with van der Waals surface area (Å²) in [5.41, 5.74) is 5.49. The van der Waals surface area contributed by atoms with Crippen molar-refractivity contribution in [1.29, 1.82) is 0 Å². The maximum atomic E-state index is 13.6. The van der Waals surface area contributed by atoms with Gasteiger partial charge in [-0.15, -0.1) is 0 Å². The number of carboxylic acids is 1. The fourth-order valence-corrected chi connectivity index (χ4v) is 6.52. The number of nitrogens with zero attached hydrogens (tertiary/aromatic N) is 3. The summed E-state index contributed by atoms with van der Waals surface area (Å²) in [4.78, 5) is 39.3. The van der Waals surface area contributed by atoms with Crippen LogP contribution in [0.3, 0.4) is 0 Å². The SMILES string of the molecule is COc1ccc2c(c1)C=C(C(=O)N(C)CC(=O)O)Cn1c-2c(C2CCCCC2)c2ccc(C(=O)NS(=O)N(C)C)cc21. The quantitative estimate of drug-likeness (QED) is 0.405. The van der Waals surface area contributed by atoms with Crippen molar-refractivity contribution in [3.63, 3.8) is 0 Å². The highest BCUT2D eigenvalue weighted by Crippen LogP contribution is 2.47. The van der Waals surface area contributed by atoms with Crippen LogP contribution in [0, 0.1) is 0 Å². The molecule has 1 atom stereocenters. The van der Waals surface area contributed by atoms with Gasteiger partial charge in [0.1, 0.15) is 12.3 Å². The maximum Gasteiger partial charge on any atom is 0.323 e. The molecule has 0 saturated heterocycles. The van der Waals surface area contributed by atoms with Crippen molar-refractivity contribution in [2.45, 2.75) is 44.6 Å². The number of rotatable bonds is 8. The molecule has 0 bridgehead atoms. The van der Waals surface area contributed by atoms with E-state index < -0.39 is 35.5 Å². The fraction of sp³-hybridized carbons (Fsp3) is 0.387. The Morgan fingerprint density at radius 2 is 1.81 bits per heavy atom. The van der Waals surface area contributed by atoms with E-state index in [9.17, 15) is 23.7 Å². The number of hydrogen-bond acceptors (Lipinski definition) is 5. The molecular weight excluding hydrogens is 556 g/mol. The number of aliphatic carboxylic acids is 1. The summed E-state index contributed by atoms with van der Waals surface area (Å²) in [6.07, 6.45) is 7.36. The van der Waals surface area contributed by atoms with Crippen molar-refractivity contribution >= 4 is 45.9 Å².